The molecule has 4 nitrogen and oxygen atoms in total. The first-order valence-electron chi connectivity index (χ1n) is 10.3. The highest BCUT2D eigenvalue weighted by Gasteiger charge is 2.46. The average molecular weight is 449 g/mol. The van der Waals surface area contributed by atoms with Crippen molar-refractivity contribution in [3.05, 3.63) is 69.7 Å². The van der Waals surface area contributed by atoms with Crippen molar-refractivity contribution in [2.24, 2.45) is 11.8 Å². The highest BCUT2D eigenvalue weighted by Crippen LogP contribution is 2.50. The van der Waals surface area contributed by atoms with Crippen molar-refractivity contribution in [2.45, 2.75) is 38.5 Å². The normalized spacial score (nSPS) is 23.6. The lowest BCUT2D eigenvalue weighted by Crippen LogP contribution is -2.07. The Hall–Kier alpha value is -2.04. The average Bonchev–Trinajstić information content (AvgIpc) is 3.63. The summed E-state index contributed by atoms with van der Waals surface area (Å²) in [5.74, 6) is 0.370. The van der Waals surface area contributed by atoms with Crippen molar-refractivity contribution in [1.29, 1.82) is 0 Å². The minimum Gasteiger partial charge on any atom is -0.466 e. The molecule has 0 amide bonds. The molecule has 0 bridgehead atoms. The molecule has 0 heterocycles. The molecule has 2 aliphatic rings. The monoisotopic (exact) mass is 448 g/mol. The molecule has 2 saturated carbocycles. The van der Waals surface area contributed by atoms with Crippen LogP contribution in [0, 0.1) is 11.8 Å². The second-order valence-corrected chi connectivity index (χ2v) is 8.26. The van der Waals surface area contributed by atoms with Gasteiger partial charge in [0.1, 0.15) is 0 Å². The Bertz CT molecular complexity index is 825. The maximum absolute atomic E-state index is 11.4. The van der Waals surface area contributed by atoms with Crippen LogP contribution in [0.2, 0.25) is 10.0 Å². The van der Waals surface area contributed by atoms with Crippen LogP contribution in [0.4, 0.5) is 0 Å². The van der Waals surface area contributed by atoms with Crippen molar-refractivity contribution in [2.75, 3.05) is 13.2 Å². The van der Waals surface area contributed by atoms with Crippen molar-refractivity contribution in [3.8, 4) is 0 Å². The van der Waals surface area contributed by atoms with Gasteiger partial charge in [0, 0.05) is 10.0 Å². The summed E-state index contributed by atoms with van der Waals surface area (Å²) in [7, 11) is 0. The lowest BCUT2D eigenvalue weighted by molar-refractivity contribution is -0.145. The molecular weight excluding hydrogens is 423 g/mol. The molecule has 160 valence electrons. The van der Waals surface area contributed by atoms with Gasteiger partial charge in [-0.3, -0.25) is 9.59 Å². The van der Waals surface area contributed by atoms with Crippen molar-refractivity contribution in [1.82, 2.24) is 0 Å². The summed E-state index contributed by atoms with van der Waals surface area (Å²) in [5, 5.41) is 1.49. The van der Waals surface area contributed by atoms with E-state index in [4.69, 9.17) is 32.7 Å². The summed E-state index contributed by atoms with van der Waals surface area (Å²) in [6, 6.07) is 15.4. The summed E-state index contributed by atoms with van der Waals surface area (Å²) in [4.78, 5) is 22.9. The number of halogens is 2. The maximum Gasteiger partial charge on any atom is 0.309 e. The first-order chi connectivity index (χ1) is 14.5. The smallest absolute Gasteiger partial charge is 0.309 e. The van der Waals surface area contributed by atoms with Gasteiger partial charge in [0.2, 0.25) is 0 Å². The maximum atomic E-state index is 11.4. The third kappa shape index (κ3) is 5.55. The number of carbonyl (C=O) groups excluding carboxylic acids is 2. The lowest BCUT2D eigenvalue weighted by atomic mass is 10.1. The Labute approximate surface area is 187 Å². The van der Waals surface area contributed by atoms with Gasteiger partial charge in [-0.2, -0.15) is 0 Å². The van der Waals surface area contributed by atoms with Crippen molar-refractivity contribution in [3.63, 3.8) is 0 Å². The molecule has 30 heavy (non-hydrogen) atoms. The van der Waals surface area contributed by atoms with E-state index in [2.05, 4.69) is 0 Å². The van der Waals surface area contributed by atoms with E-state index in [0.29, 0.717) is 13.2 Å². The SMILES string of the molecule is CCOC(=O)C1CC1c1ccccc1Cl.CCOC(=O)C1CC1c1ccccc1Cl. The highest BCUT2D eigenvalue weighted by atomic mass is 35.5. The lowest BCUT2D eigenvalue weighted by Gasteiger charge is -2.03. The number of benzene rings is 2. The van der Waals surface area contributed by atoms with Crippen LogP contribution < -0.4 is 0 Å². The number of hydrogen-bond donors (Lipinski definition) is 0. The molecule has 2 fully saturated rings. The summed E-state index contributed by atoms with van der Waals surface area (Å²) in [6.45, 7) is 4.55. The minimum atomic E-state index is -0.0950. The molecule has 0 aliphatic heterocycles. The Balaban J connectivity index is 0.000000171. The predicted molar refractivity (Wildman–Crippen MR) is 118 cm³/mol. The first kappa shape index (κ1) is 22.6. The number of esters is 2. The quantitative estimate of drug-likeness (QED) is 0.507. The fourth-order valence-electron chi connectivity index (χ4n) is 3.65. The molecule has 0 saturated heterocycles. The minimum absolute atomic E-state index is 0.0184. The van der Waals surface area contributed by atoms with E-state index < -0.39 is 0 Å². The van der Waals surface area contributed by atoms with Gasteiger partial charge in [0.15, 0.2) is 0 Å². The van der Waals surface area contributed by atoms with Crippen LogP contribution in [-0.2, 0) is 19.1 Å². The molecule has 0 aromatic heterocycles. The Kier molecular flexibility index (Phi) is 7.79. The molecule has 2 aromatic carbocycles. The van der Waals surface area contributed by atoms with Crippen molar-refractivity contribution < 1.29 is 19.1 Å². The zero-order valence-electron chi connectivity index (χ0n) is 17.1. The Morgan fingerprint density at radius 3 is 1.47 bits per heavy atom. The van der Waals surface area contributed by atoms with E-state index in [9.17, 15) is 9.59 Å². The van der Waals surface area contributed by atoms with Crippen LogP contribution in [0.25, 0.3) is 0 Å². The molecule has 0 radical (unpaired) electrons. The molecule has 0 spiro atoms. The number of rotatable bonds is 6. The molecule has 6 heteroatoms. The van der Waals surface area contributed by atoms with Crippen LogP contribution in [0.1, 0.15) is 49.7 Å². The van der Waals surface area contributed by atoms with Crippen LogP contribution in [0.15, 0.2) is 48.5 Å². The van der Waals surface area contributed by atoms with E-state index in [1.807, 2.05) is 62.4 Å². The summed E-state index contributed by atoms with van der Waals surface area (Å²) >= 11 is 12.1. The van der Waals surface area contributed by atoms with E-state index in [1.165, 1.54) is 0 Å². The number of ether oxygens (including phenoxy) is 2. The second kappa shape index (κ2) is 10.3. The molecule has 2 aromatic rings. The van der Waals surface area contributed by atoms with Crippen molar-refractivity contribution >= 4 is 35.1 Å². The van der Waals surface area contributed by atoms with E-state index in [0.717, 1.165) is 34.0 Å². The molecule has 2 aliphatic carbocycles. The first-order valence-corrected chi connectivity index (χ1v) is 11.1. The standard InChI is InChI=1S/2C12H13ClO2/c2*1-2-15-12(14)10-7-9(10)8-5-3-4-6-11(8)13/h2*3-6,9-10H,2,7H2,1H3. The Morgan fingerprint density at radius 2 is 1.13 bits per heavy atom. The fourth-order valence-corrected chi connectivity index (χ4v) is 4.20. The largest absolute Gasteiger partial charge is 0.466 e. The zero-order chi connectivity index (χ0) is 21.7. The zero-order valence-corrected chi connectivity index (χ0v) is 18.7. The third-order valence-corrected chi connectivity index (χ3v) is 6.06. The van der Waals surface area contributed by atoms with Gasteiger partial charge in [-0.15, -0.1) is 0 Å². The van der Waals surface area contributed by atoms with E-state index in [1.54, 1.807) is 0 Å². The number of hydrogen-bond acceptors (Lipinski definition) is 4. The van der Waals surface area contributed by atoms with Gasteiger partial charge >= 0.3 is 11.9 Å². The Morgan fingerprint density at radius 1 is 0.767 bits per heavy atom. The molecular formula is C24H26Cl2O4. The van der Waals surface area contributed by atoms with Crippen LogP contribution in [0.5, 0.6) is 0 Å². The van der Waals surface area contributed by atoms with Gasteiger partial charge in [-0.05, 0) is 61.8 Å². The van der Waals surface area contributed by atoms with Gasteiger partial charge in [0.05, 0.1) is 25.0 Å². The van der Waals surface area contributed by atoms with Gasteiger partial charge < -0.3 is 9.47 Å². The highest BCUT2D eigenvalue weighted by molar-refractivity contribution is 6.31. The topological polar surface area (TPSA) is 52.6 Å². The molecule has 4 rings (SSSR count). The van der Waals surface area contributed by atoms with E-state index in [-0.39, 0.29) is 35.6 Å². The summed E-state index contributed by atoms with van der Waals surface area (Å²) < 4.78 is 9.95. The van der Waals surface area contributed by atoms with Gasteiger partial charge in [-0.1, -0.05) is 59.6 Å². The van der Waals surface area contributed by atoms with E-state index >= 15 is 0 Å². The van der Waals surface area contributed by atoms with Crippen LogP contribution >= 0.6 is 23.2 Å². The second-order valence-electron chi connectivity index (χ2n) is 7.44. The summed E-state index contributed by atoms with van der Waals surface area (Å²) in [5.41, 5.74) is 2.13. The third-order valence-electron chi connectivity index (χ3n) is 5.37. The van der Waals surface area contributed by atoms with Gasteiger partial charge in [0.25, 0.3) is 0 Å². The van der Waals surface area contributed by atoms with Crippen LogP contribution in [-0.4, -0.2) is 25.2 Å². The fraction of sp³-hybridized carbons (Fsp3) is 0.417. The summed E-state index contributed by atoms with van der Waals surface area (Å²) in [6.07, 6.45) is 1.73. The van der Waals surface area contributed by atoms with Crippen LogP contribution in [0.3, 0.4) is 0 Å². The number of carbonyl (C=O) groups is 2. The molecule has 4 unspecified atom stereocenters. The predicted octanol–water partition coefficient (Wildman–Crippen LogP) is 6.01. The molecule has 0 N–H and O–H groups in total. The molecule has 4 atom stereocenters. The van der Waals surface area contributed by atoms with Gasteiger partial charge in [-0.25, -0.2) is 0 Å².